The SMILES string of the molecule is CN[C@@H](C)C(=O)N[C@H](C(=O)N1C[C@@H](n2cc(CCCc3cn([C@H]4C[C@@H](C(=O)N[C@H](C)c5ccccc5)N(C(=O)[C@@H](NC(=O)[C@H](C)NC)C(C)(C)C)C4)nn3)nn2)C[C@H]1C(=O)N[C@H](C)c1ccccc1)C(C)(C)C.Cl.Cl. The van der Waals surface area contributed by atoms with Crippen molar-refractivity contribution in [2.24, 2.45) is 10.8 Å². The molecule has 2 aromatic heterocycles. The standard InChI is InChI=1S/C53H78N14O6.2ClH/c1-32(36-20-15-13-16-21-36)56-48(70)42-26-40(30-64(42)50(72)44(52(5,6)7)58-46(68)34(3)54-11)66-28-38(60-62-66)24-19-25-39-29-67(63-61-39)41-27-43(49(71)57-33(2)37-22-17-14-18-23-37)65(31-41)51(73)45(53(8,9)10)59-47(69)35(4)55-12;;/h13-18,20-23,28-29,32-35,40-45,54-55H,19,24-27,30-31H2,1-12H3,(H,56,70)(H,57,71)(H,58,68)(H,59,69);2*1H/t32-,33-,34+,35+,40+,41+,42+,43+,44-,45-;;/m1../s1. The Morgan fingerprint density at radius 3 is 1.23 bits per heavy atom. The van der Waals surface area contributed by atoms with Gasteiger partial charge in [-0.25, -0.2) is 9.36 Å². The molecule has 75 heavy (non-hydrogen) atoms. The van der Waals surface area contributed by atoms with Crippen LogP contribution in [0.15, 0.2) is 73.1 Å². The van der Waals surface area contributed by atoms with Crippen molar-refractivity contribution >= 4 is 60.3 Å². The molecule has 0 spiro atoms. The van der Waals surface area contributed by atoms with Gasteiger partial charge in [-0.05, 0) is 83.0 Å². The second kappa shape index (κ2) is 26.7. The summed E-state index contributed by atoms with van der Waals surface area (Å²) in [5.74, 6) is -1.93. The lowest BCUT2D eigenvalue weighted by Crippen LogP contribution is -2.59. The summed E-state index contributed by atoms with van der Waals surface area (Å²) in [5, 5.41) is 35.9. The van der Waals surface area contributed by atoms with Gasteiger partial charge in [0.2, 0.25) is 35.4 Å². The fourth-order valence-corrected chi connectivity index (χ4v) is 9.35. The van der Waals surface area contributed by atoms with Crippen LogP contribution in [0.5, 0.6) is 0 Å². The monoisotopic (exact) mass is 1080 g/mol. The lowest BCUT2D eigenvalue weighted by Gasteiger charge is -2.36. The van der Waals surface area contributed by atoms with Crippen LogP contribution >= 0.6 is 24.8 Å². The maximum atomic E-state index is 14.6. The number of hydrogen-bond acceptors (Lipinski definition) is 12. The molecule has 0 saturated carbocycles. The van der Waals surface area contributed by atoms with Gasteiger partial charge in [-0.15, -0.1) is 35.0 Å². The molecule has 0 bridgehead atoms. The van der Waals surface area contributed by atoms with Crippen LogP contribution in [0.1, 0.15) is 135 Å². The molecule has 4 heterocycles. The highest BCUT2D eigenvalue weighted by Gasteiger charge is 2.48. The number of benzene rings is 2. The van der Waals surface area contributed by atoms with E-state index in [9.17, 15) is 28.8 Å². The number of likely N-dealkylation sites (tertiary alicyclic amines) is 2. The second-order valence-corrected chi connectivity index (χ2v) is 21.9. The molecule has 6 amide bonds. The highest BCUT2D eigenvalue weighted by molar-refractivity contribution is 5.95. The zero-order valence-electron chi connectivity index (χ0n) is 45.5. The van der Waals surface area contributed by atoms with Gasteiger partial charge in [0.15, 0.2) is 0 Å². The molecule has 2 aromatic carbocycles. The summed E-state index contributed by atoms with van der Waals surface area (Å²) < 4.78 is 3.45. The Hall–Kier alpha value is -5.96. The first-order valence-corrected chi connectivity index (χ1v) is 25.6. The van der Waals surface area contributed by atoms with E-state index in [1.54, 1.807) is 47.1 Å². The summed E-state index contributed by atoms with van der Waals surface area (Å²) in [6, 6.07) is 13.4. The van der Waals surface area contributed by atoms with Gasteiger partial charge in [0, 0.05) is 38.3 Å². The number of hydrogen-bond donors (Lipinski definition) is 6. The molecule has 412 valence electrons. The molecule has 0 radical (unpaired) electrons. The van der Waals surface area contributed by atoms with Crippen LogP contribution in [0.2, 0.25) is 0 Å². The summed E-state index contributed by atoms with van der Waals surface area (Å²) in [5.41, 5.74) is 1.98. The number of aryl methyl sites for hydroxylation is 2. The number of nitrogens with one attached hydrogen (secondary N) is 6. The van der Waals surface area contributed by atoms with Gasteiger partial charge in [-0.3, -0.25) is 28.8 Å². The first kappa shape index (κ1) is 61.6. The first-order valence-electron chi connectivity index (χ1n) is 25.6. The first-order chi connectivity index (χ1) is 34.5. The fourth-order valence-electron chi connectivity index (χ4n) is 9.35. The molecule has 2 aliphatic heterocycles. The summed E-state index contributed by atoms with van der Waals surface area (Å²) in [6.07, 6.45) is 6.07. The fraction of sp³-hybridized carbons (Fsp3) is 0.585. The summed E-state index contributed by atoms with van der Waals surface area (Å²) in [4.78, 5) is 86.8. The predicted molar refractivity (Wildman–Crippen MR) is 291 cm³/mol. The molecule has 10 atom stereocenters. The van der Waals surface area contributed by atoms with E-state index < -0.39 is 47.1 Å². The Kier molecular flexibility index (Phi) is 21.9. The van der Waals surface area contributed by atoms with Crippen molar-refractivity contribution in [3.8, 4) is 0 Å². The zero-order chi connectivity index (χ0) is 53.4. The van der Waals surface area contributed by atoms with Crippen molar-refractivity contribution in [3.05, 3.63) is 95.6 Å². The van der Waals surface area contributed by atoms with Crippen LogP contribution in [-0.4, -0.2) is 139 Å². The average Bonchev–Trinajstić information content (AvgIpc) is 4.21. The number of amides is 6. The summed E-state index contributed by atoms with van der Waals surface area (Å²) >= 11 is 0. The normalized spacial score (nSPS) is 20.1. The third-order valence-corrected chi connectivity index (χ3v) is 14.2. The Morgan fingerprint density at radius 1 is 0.560 bits per heavy atom. The molecule has 2 saturated heterocycles. The summed E-state index contributed by atoms with van der Waals surface area (Å²) in [7, 11) is 3.36. The Balaban J connectivity index is 0.00000608. The molecule has 2 fully saturated rings. The van der Waals surface area contributed by atoms with E-state index in [2.05, 4.69) is 52.5 Å². The molecule has 6 rings (SSSR count). The van der Waals surface area contributed by atoms with E-state index in [1.165, 1.54) is 0 Å². The minimum Gasteiger partial charge on any atom is -0.348 e. The molecular formula is C53H80Cl2N14O6. The Labute approximate surface area is 454 Å². The third kappa shape index (κ3) is 15.6. The number of rotatable bonds is 20. The topological polar surface area (TPSA) is 242 Å². The van der Waals surface area contributed by atoms with Gasteiger partial charge in [-0.1, -0.05) is 113 Å². The lowest BCUT2D eigenvalue weighted by molar-refractivity contribution is -0.144. The van der Waals surface area contributed by atoms with Crippen LogP contribution in [-0.2, 0) is 41.6 Å². The Bertz CT molecular complexity index is 2360. The second-order valence-electron chi connectivity index (χ2n) is 21.9. The number of carbonyl (C=O) groups is 6. The van der Waals surface area contributed by atoms with Crippen molar-refractivity contribution in [1.82, 2.24) is 71.7 Å². The molecule has 6 N–H and O–H groups in total. The van der Waals surface area contributed by atoms with Gasteiger partial charge < -0.3 is 41.7 Å². The molecule has 0 aliphatic carbocycles. The molecule has 22 heteroatoms. The van der Waals surface area contributed by atoms with E-state index in [-0.39, 0.29) is 97.5 Å². The largest absolute Gasteiger partial charge is 0.348 e. The quantitative estimate of drug-likeness (QED) is 0.0730. The third-order valence-electron chi connectivity index (χ3n) is 14.2. The predicted octanol–water partition coefficient (Wildman–Crippen LogP) is 4.20. The van der Waals surface area contributed by atoms with Crippen LogP contribution < -0.4 is 31.9 Å². The van der Waals surface area contributed by atoms with E-state index in [4.69, 9.17) is 0 Å². The average molecular weight is 1080 g/mol. The van der Waals surface area contributed by atoms with Crippen LogP contribution in [0, 0.1) is 10.8 Å². The maximum Gasteiger partial charge on any atom is 0.246 e. The summed E-state index contributed by atoms with van der Waals surface area (Å²) in [6.45, 7) is 19.0. The molecular weight excluding hydrogens is 1000 g/mol. The number of carbonyl (C=O) groups excluding carboxylic acids is 6. The minimum absolute atomic E-state index is 0. The lowest BCUT2D eigenvalue weighted by atomic mass is 9.85. The molecule has 4 aromatic rings. The molecule has 0 unspecified atom stereocenters. The maximum absolute atomic E-state index is 14.6. The number of likely N-dealkylation sites (N-methyl/N-ethyl adjacent to an activating group) is 2. The minimum atomic E-state index is -0.905. The number of nitrogens with zero attached hydrogens (tertiary/aromatic N) is 8. The molecule has 2 aliphatic rings. The van der Waals surface area contributed by atoms with E-state index >= 15 is 0 Å². The highest BCUT2D eigenvalue weighted by Crippen LogP contribution is 2.34. The van der Waals surface area contributed by atoms with Gasteiger partial charge in [0.25, 0.3) is 0 Å². The number of halogens is 2. The van der Waals surface area contributed by atoms with E-state index in [0.717, 1.165) is 22.5 Å². The van der Waals surface area contributed by atoms with E-state index in [0.29, 0.717) is 32.1 Å². The molecule has 20 nitrogen and oxygen atoms in total. The van der Waals surface area contributed by atoms with E-state index in [1.807, 2.05) is 128 Å². The van der Waals surface area contributed by atoms with Crippen molar-refractivity contribution in [3.63, 3.8) is 0 Å². The van der Waals surface area contributed by atoms with Gasteiger partial charge in [-0.2, -0.15) is 0 Å². The van der Waals surface area contributed by atoms with Gasteiger partial charge >= 0.3 is 0 Å². The van der Waals surface area contributed by atoms with Crippen molar-refractivity contribution in [2.75, 3.05) is 27.2 Å². The van der Waals surface area contributed by atoms with Crippen LogP contribution in [0.3, 0.4) is 0 Å². The van der Waals surface area contributed by atoms with Gasteiger partial charge in [0.1, 0.15) is 24.2 Å². The van der Waals surface area contributed by atoms with Crippen LogP contribution in [0.4, 0.5) is 0 Å². The van der Waals surface area contributed by atoms with Gasteiger partial charge in [0.05, 0.1) is 47.6 Å². The zero-order valence-corrected chi connectivity index (χ0v) is 47.1. The van der Waals surface area contributed by atoms with Crippen LogP contribution in [0.25, 0.3) is 0 Å². The number of aromatic nitrogens is 6. The smallest absolute Gasteiger partial charge is 0.246 e. The van der Waals surface area contributed by atoms with Crippen molar-refractivity contribution in [2.45, 2.75) is 162 Å². The van der Waals surface area contributed by atoms with Crippen molar-refractivity contribution < 1.29 is 28.8 Å². The Morgan fingerprint density at radius 2 is 0.907 bits per heavy atom. The van der Waals surface area contributed by atoms with Crippen molar-refractivity contribution in [1.29, 1.82) is 0 Å². The highest BCUT2D eigenvalue weighted by atomic mass is 35.5.